The zero-order chi connectivity index (χ0) is 21.3. The molecule has 29 heavy (non-hydrogen) atoms. The molecule has 1 amide bonds. The van der Waals surface area contributed by atoms with Gasteiger partial charge >= 0.3 is 0 Å². The van der Waals surface area contributed by atoms with E-state index < -0.39 is 15.9 Å². The number of sulfonamides is 1. The van der Waals surface area contributed by atoms with Crippen LogP contribution in [0.5, 0.6) is 0 Å². The predicted molar refractivity (Wildman–Crippen MR) is 112 cm³/mol. The maximum absolute atomic E-state index is 13.1. The Kier molecular flexibility index (Phi) is 6.10. The molecule has 0 bridgehead atoms. The van der Waals surface area contributed by atoms with Crippen molar-refractivity contribution < 1.29 is 17.9 Å². The molecule has 0 aliphatic carbocycles. The molecule has 1 N–H and O–H groups in total. The third kappa shape index (κ3) is 4.36. The largest absolute Gasteiger partial charge is 0.373 e. The molecule has 2 aromatic rings. The number of hydrogen-bond donors (Lipinski definition) is 1. The van der Waals surface area contributed by atoms with Crippen LogP contribution in [-0.2, 0) is 14.8 Å². The van der Waals surface area contributed by atoms with Crippen molar-refractivity contribution in [3.8, 4) is 6.07 Å². The van der Waals surface area contributed by atoms with E-state index in [4.69, 9.17) is 4.74 Å². The van der Waals surface area contributed by atoms with E-state index in [1.807, 2.05) is 27.7 Å². The first-order valence-electron chi connectivity index (χ1n) is 9.20. The van der Waals surface area contributed by atoms with Gasteiger partial charge in [0.2, 0.25) is 10.0 Å². The molecule has 154 valence electrons. The van der Waals surface area contributed by atoms with Crippen molar-refractivity contribution in [3.05, 3.63) is 45.8 Å². The van der Waals surface area contributed by atoms with Crippen LogP contribution in [0.1, 0.15) is 40.2 Å². The Morgan fingerprint density at radius 2 is 1.93 bits per heavy atom. The Hall–Kier alpha value is -2.25. The third-order valence-corrected chi connectivity index (χ3v) is 7.79. The predicted octanol–water partition coefficient (Wildman–Crippen LogP) is 3.29. The Labute approximate surface area is 175 Å². The number of nitrogens with zero attached hydrogens (tertiary/aromatic N) is 2. The smallest absolute Gasteiger partial charge is 0.256 e. The standard InChI is InChI=1S/C20H23N3O4S2/c1-12-10-23(11-13(2)27-12)29(25,26)17-7-5-6-16(8-17)19(24)22-20-18(9-21)14(3)15(4)28-20/h5-8,12-13H,10-11H2,1-4H3,(H,22,24)/t12-,13-/m1/s1. The zero-order valence-electron chi connectivity index (χ0n) is 16.7. The number of carbonyl (C=O) groups is 1. The number of benzene rings is 1. The SMILES string of the molecule is Cc1sc(NC(=O)c2cccc(S(=O)(=O)N3C[C@@H](C)O[C@H](C)C3)c2)c(C#N)c1C. The van der Waals surface area contributed by atoms with Crippen LogP contribution in [0, 0.1) is 25.2 Å². The number of thiophene rings is 1. The van der Waals surface area contributed by atoms with Gasteiger partial charge in [-0.3, -0.25) is 4.79 Å². The summed E-state index contributed by atoms with van der Waals surface area (Å²) in [6, 6.07) is 8.06. The quantitative estimate of drug-likeness (QED) is 0.798. The van der Waals surface area contributed by atoms with E-state index in [0.717, 1.165) is 10.4 Å². The molecule has 1 aromatic heterocycles. The molecule has 0 unspecified atom stereocenters. The molecule has 9 heteroatoms. The molecule has 1 aliphatic rings. The van der Waals surface area contributed by atoms with Crippen LogP contribution in [0.2, 0.25) is 0 Å². The second-order valence-electron chi connectivity index (χ2n) is 7.16. The summed E-state index contributed by atoms with van der Waals surface area (Å²) in [7, 11) is -3.75. The van der Waals surface area contributed by atoms with Crippen LogP contribution in [-0.4, -0.2) is 43.9 Å². The lowest BCUT2D eigenvalue weighted by Gasteiger charge is -2.34. The monoisotopic (exact) mass is 433 g/mol. The molecule has 0 spiro atoms. The highest BCUT2D eigenvalue weighted by atomic mass is 32.2. The number of anilines is 1. The van der Waals surface area contributed by atoms with Crippen molar-refractivity contribution in [2.75, 3.05) is 18.4 Å². The van der Waals surface area contributed by atoms with E-state index in [1.54, 1.807) is 12.1 Å². The summed E-state index contributed by atoms with van der Waals surface area (Å²) in [4.78, 5) is 13.7. The molecule has 7 nitrogen and oxygen atoms in total. The van der Waals surface area contributed by atoms with Crippen molar-refractivity contribution in [1.29, 1.82) is 5.26 Å². The van der Waals surface area contributed by atoms with Crippen molar-refractivity contribution in [2.45, 2.75) is 44.8 Å². The van der Waals surface area contributed by atoms with E-state index in [0.29, 0.717) is 10.6 Å². The van der Waals surface area contributed by atoms with Crippen LogP contribution >= 0.6 is 11.3 Å². The number of hydrogen-bond acceptors (Lipinski definition) is 6. The number of rotatable bonds is 4. The second-order valence-corrected chi connectivity index (χ2v) is 10.3. The summed E-state index contributed by atoms with van der Waals surface area (Å²) < 4.78 is 33.1. The van der Waals surface area contributed by atoms with Gasteiger partial charge in [0.25, 0.3) is 5.91 Å². The molecule has 1 aromatic carbocycles. The Morgan fingerprint density at radius 3 is 2.55 bits per heavy atom. The van der Waals surface area contributed by atoms with Gasteiger partial charge in [0, 0.05) is 23.5 Å². The van der Waals surface area contributed by atoms with Gasteiger partial charge in [-0.15, -0.1) is 11.3 Å². The minimum absolute atomic E-state index is 0.0606. The van der Waals surface area contributed by atoms with Gasteiger partial charge < -0.3 is 10.1 Å². The molecule has 0 radical (unpaired) electrons. The molecule has 1 saturated heterocycles. The number of ether oxygens (including phenoxy) is 1. The molecular formula is C20H23N3O4S2. The average Bonchev–Trinajstić information content (AvgIpc) is 2.93. The van der Waals surface area contributed by atoms with Crippen molar-refractivity contribution in [2.24, 2.45) is 0 Å². The van der Waals surface area contributed by atoms with Crippen LogP contribution in [0.15, 0.2) is 29.2 Å². The number of carbonyl (C=O) groups excluding carboxylic acids is 1. The van der Waals surface area contributed by atoms with Gasteiger partial charge in [-0.1, -0.05) is 6.07 Å². The maximum Gasteiger partial charge on any atom is 0.256 e. The first-order valence-corrected chi connectivity index (χ1v) is 11.5. The van der Waals surface area contributed by atoms with Gasteiger partial charge in [-0.25, -0.2) is 8.42 Å². The average molecular weight is 434 g/mol. The zero-order valence-corrected chi connectivity index (χ0v) is 18.4. The number of aryl methyl sites for hydroxylation is 1. The van der Waals surface area contributed by atoms with Gasteiger partial charge in [0.1, 0.15) is 11.1 Å². The fourth-order valence-corrected chi connectivity index (χ4v) is 5.94. The van der Waals surface area contributed by atoms with Crippen LogP contribution < -0.4 is 5.32 Å². The second kappa shape index (κ2) is 8.24. The summed E-state index contributed by atoms with van der Waals surface area (Å²) in [5.41, 5.74) is 1.48. The van der Waals surface area contributed by atoms with E-state index in [-0.39, 0.29) is 35.8 Å². The topological polar surface area (TPSA) is 99.5 Å². The molecule has 0 saturated carbocycles. The summed E-state index contributed by atoms with van der Waals surface area (Å²) in [6.07, 6.45) is -0.399. The third-order valence-electron chi connectivity index (χ3n) is 4.84. The lowest BCUT2D eigenvalue weighted by atomic mass is 10.2. The van der Waals surface area contributed by atoms with Crippen molar-refractivity contribution >= 4 is 32.3 Å². The number of nitrogens with one attached hydrogen (secondary N) is 1. The molecule has 2 atom stereocenters. The van der Waals surface area contributed by atoms with Crippen LogP contribution in [0.3, 0.4) is 0 Å². The minimum atomic E-state index is -3.75. The first kappa shape index (κ1) is 21.5. The first-order chi connectivity index (χ1) is 13.6. The fourth-order valence-electron chi connectivity index (χ4n) is 3.30. The normalized spacial score (nSPS) is 20.2. The Bertz CT molecular complexity index is 1080. The highest BCUT2D eigenvalue weighted by molar-refractivity contribution is 7.89. The summed E-state index contributed by atoms with van der Waals surface area (Å²) in [5, 5.41) is 12.6. The van der Waals surface area contributed by atoms with Crippen molar-refractivity contribution in [3.63, 3.8) is 0 Å². The molecule has 2 heterocycles. The fraction of sp³-hybridized carbons (Fsp3) is 0.400. The molecule has 1 fully saturated rings. The van der Waals surface area contributed by atoms with E-state index in [1.165, 1.54) is 27.8 Å². The number of amides is 1. The summed E-state index contributed by atoms with van der Waals surface area (Å²) in [5.74, 6) is -0.455. The molecule has 3 rings (SSSR count). The van der Waals surface area contributed by atoms with Crippen LogP contribution in [0.25, 0.3) is 0 Å². The number of morpholine rings is 1. The van der Waals surface area contributed by atoms with E-state index in [2.05, 4.69) is 11.4 Å². The van der Waals surface area contributed by atoms with Crippen LogP contribution in [0.4, 0.5) is 5.00 Å². The van der Waals surface area contributed by atoms with Gasteiger partial charge in [-0.05, 0) is 51.5 Å². The van der Waals surface area contributed by atoms with E-state index in [9.17, 15) is 18.5 Å². The minimum Gasteiger partial charge on any atom is -0.373 e. The van der Waals surface area contributed by atoms with Gasteiger partial charge in [0.15, 0.2) is 0 Å². The Balaban J connectivity index is 1.87. The summed E-state index contributed by atoms with van der Waals surface area (Å²) in [6.45, 7) is 7.91. The lowest BCUT2D eigenvalue weighted by molar-refractivity contribution is -0.0440. The van der Waals surface area contributed by atoms with Gasteiger partial charge in [-0.2, -0.15) is 9.57 Å². The van der Waals surface area contributed by atoms with Gasteiger partial charge in [0.05, 0.1) is 22.7 Å². The maximum atomic E-state index is 13.1. The van der Waals surface area contributed by atoms with Crippen molar-refractivity contribution in [1.82, 2.24) is 4.31 Å². The van der Waals surface area contributed by atoms with E-state index >= 15 is 0 Å². The molecule has 1 aliphatic heterocycles. The summed E-state index contributed by atoms with van der Waals surface area (Å²) >= 11 is 1.33. The number of nitriles is 1. The lowest BCUT2D eigenvalue weighted by Crippen LogP contribution is -2.48. The Morgan fingerprint density at radius 1 is 1.28 bits per heavy atom. The highest BCUT2D eigenvalue weighted by Crippen LogP contribution is 2.32. The molecular weight excluding hydrogens is 410 g/mol. The highest BCUT2D eigenvalue weighted by Gasteiger charge is 2.32.